The summed E-state index contributed by atoms with van der Waals surface area (Å²) in [4.78, 5) is 40.6. The van der Waals surface area contributed by atoms with Crippen molar-refractivity contribution in [2.45, 2.75) is 91.8 Å². The third-order valence-electron chi connectivity index (χ3n) is 7.35. The van der Waals surface area contributed by atoms with Crippen LogP contribution in [0.5, 0.6) is 0 Å². The van der Waals surface area contributed by atoms with E-state index >= 15 is 0 Å². The van der Waals surface area contributed by atoms with Gasteiger partial charge < -0.3 is 20.6 Å². The zero-order valence-corrected chi connectivity index (χ0v) is 23.8. The highest BCUT2D eigenvalue weighted by molar-refractivity contribution is 5.91. The van der Waals surface area contributed by atoms with Crippen LogP contribution in [0.15, 0.2) is 42.0 Å². The Balaban J connectivity index is 3.41. The number of benzene rings is 1. The van der Waals surface area contributed by atoms with Crippen molar-refractivity contribution in [3.8, 4) is 0 Å². The van der Waals surface area contributed by atoms with E-state index in [0.717, 1.165) is 18.4 Å². The second-order valence-corrected chi connectivity index (χ2v) is 11.1. The topological polar surface area (TPSA) is 98.7 Å². The number of hydrogen-bond acceptors (Lipinski definition) is 4. The number of nitrogens with zero attached hydrogens (tertiary/aromatic N) is 1. The van der Waals surface area contributed by atoms with Crippen LogP contribution in [-0.2, 0) is 19.8 Å². The van der Waals surface area contributed by atoms with Gasteiger partial charge in [0.1, 0.15) is 6.04 Å². The molecule has 7 nitrogen and oxygen atoms in total. The molecule has 1 aromatic rings. The first-order valence-corrected chi connectivity index (χ1v) is 12.9. The van der Waals surface area contributed by atoms with E-state index in [2.05, 4.69) is 36.6 Å². The van der Waals surface area contributed by atoms with Crippen LogP contribution in [0.25, 0.3) is 0 Å². The molecule has 3 N–H and O–H groups in total. The third kappa shape index (κ3) is 7.19. The lowest BCUT2D eigenvalue weighted by atomic mass is 9.69. The summed E-state index contributed by atoms with van der Waals surface area (Å²) in [5, 5.41) is 15.7. The second-order valence-electron chi connectivity index (χ2n) is 11.1. The van der Waals surface area contributed by atoms with Gasteiger partial charge in [0, 0.05) is 18.0 Å². The van der Waals surface area contributed by atoms with E-state index in [1.54, 1.807) is 25.1 Å². The van der Waals surface area contributed by atoms with Crippen molar-refractivity contribution in [1.29, 1.82) is 0 Å². The van der Waals surface area contributed by atoms with Gasteiger partial charge >= 0.3 is 5.97 Å². The fraction of sp³-hybridized carbons (Fsp3) is 0.621. The summed E-state index contributed by atoms with van der Waals surface area (Å²) >= 11 is 0. The summed E-state index contributed by atoms with van der Waals surface area (Å²) in [5.74, 6) is -1.52. The van der Waals surface area contributed by atoms with Gasteiger partial charge in [-0.3, -0.25) is 9.59 Å². The summed E-state index contributed by atoms with van der Waals surface area (Å²) in [6.07, 6.45) is 3.10. The predicted octanol–water partition coefficient (Wildman–Crippen LogP) is 4.38. The fourth-order valence-electron chi connectivity index (χ4n) is 4.97. The number of amides is 2. The molecule has 0 saturated heterocycles. The Kier molecular flexibility index (Phi) is 11.4. The summed E-state index contributed by atoms with van der Waals surface area (Å²) in [6.45, 7) is 15.3. The van der Waals surface area contributed by atoms with Gasteiger partial charge in [0.25, 0.3) is 0 Å². The smallest absolute Gasteiger partial charge is 0.331 e. The maximum atomic E-state index is 13.8. The molecule has 0 unspecified atom stereocenters. The number of likely N-dealkylation sites (N-methyl/N-ethyl adjacent to an activating group) is 2. The summed E-state index contributed by atoms with van der Waals surface area (Å²) in [5.41, 5.74) is 0.243. The Morgan fingerprint density at radius 1 is 1.03 bits per heavy atom. The highest BCUT2D eigenvalue weighted by Gasteiger charge is 2.44. The number of rotatable bonds is 12. The molecule has 0 aliphatic rings. The van der Waals surface area contributed by atoms with Crippen molar-refractivity contribution >= 4 is 17.8 Å². The van der Waals surface area contributed by atoms with Gasteiger partial charge in [0.05, 0.1) is 12.1 Å². The van der Waals surface area contributed by atoms with Crippen LogP contribution in [0.3, 0.4) is 0 Å². The van der Waals surface area contributed by atoms with Crippen molar-refractivity contribution < 1.29 is 19.5 Å². The molecule has 3 atom stereocenters. The first-order valence-electron chi connectivity index (χ1n) is 12.9. The summed E-state index contributed by atoms with van der Waals surface area (Å²) in [7, 11) is 3.45. The zero-order chi connectivity index (χ0) is 27.8. The third-order valence-corrected chi connectivity index (χ3v) is 7.35. The quantitative estimate of drug-likeness (QED) is 0.369. The van der Waals surface area contributed by atoms with Gasteiger partial charge in [-0.15, -0.1) is 0 Å². The van der Waals surface area contributed by atoms with Gasteiger partial charge in [-0.25, -0.2) is 4.79 Å². The molecule has 0 bridgehead atoms. The van der Waals surface area contributed by atoms with Crippen LogP contribution in [0.4, 0.5) is 0 Å². The highest BCUT2D eigenvalue weighted by atomic mass is 16.4. The molecule has 0 saturated carbocycles. The predicted molar refractivity (Wildman–Crippen MR) is 146 cm³/mol. The van der Waals surface area contributed by atoms with Crippen LogP contribution in [0.2, 0.25) is 0 Å². The van der Waals surface area contributed by atoms with Gasteiger partial charge in [-0.05, 0) is 43.7 Å². The number of carboxylic acid groups (broad SMARTS) is 1. The van der Waals surface area contributed by atoms with E-state index in [-0.39, 0.29) is 23.3 Å². The van der Waals surface area contributed by atoms with E-state index in [9.17, 15) is 19.5 Å². The van der Waals surface area contributed by atoms with Gasteiger partial charge in [-0.1, -0.05) is 84.9 Å². The molecule has 0 aliphatic heterocycles. The molecular formula is C29H47N3O4. The van der Waals surface area contributed by atoms with Crippen molar-refractivity contribution in [1.82, 2.24) is 15.5 Å². The Morgan fingerprint density at radius 3 is 1.94 bits per heavy atom. The first kappa shape index (κ1) is 31.4. The summed E-state index contributed by atoms with van der Waals surface area (Å²) < 4.78 is 0. The van der Waals surface area contributed by atoms with Crippen LogP contribution in [0, 0.1) is 11.3 Å². The lowest BCUT2D eigenvalue weighted by molar-refractivity contribution is -0.141. The van der Waals surface area contributed by atoms with Gasteiger partial charge in [0.15, 0.2) is 0 Å². The minimum Gasteiger partial charge on any atom is -0.478 e. The molecule has 0 radical (unpaired) electrons. The van der Waals surface area contributed by atoms with Crippen LogP contribution in [-0.4, -0.2) is 60.0 Å². The molecular weight excluding hydrogens is 454 g/mol. The lowest BCUT2D eigenvalue weighted by Gasteiger charge is -2.42. The molecule has 0 heterocycles. The minimum absolute atomic E-state index is 0.0134. The van der Waals surface area contributed by atoms with Crippen LogP contribution >= 0.6 is 0 Å². The number of hydrogen-bond donors (Lipinski definition) is 3. The Hall–Kier alpha value is -2.67. The molecule has 7 heteroatoms. The first-order chi connectivity index (χ1) is 16.7. The fourth-order valence-corrected chi connectivity index (χ4v) is 4.97. The molecule has 0 fully saturated rings. The Bertz CT molecular complexity index is 914. The minimum atomic E-state index is -1.02. The van der Waals surface area contributed by atoms with Crippen molar-refractivity contribution in [2.75, 3.05) is 14.1 Å². The molecule has 202 valence electrons. The number of carbonyl (C=O) groups excluding carboxylic acids is 2. The van der Waals surface area contributed by atoms with Gasteiger partial charge in [-0.2, -0.15) is 0 Å². The van der Waals surface area contributed by atoms with Crippen molar-refractivity contribution in [2.24, 2.45) is 11.3 Å². The average molecular weight is 502 g/mol. The van der Waals surface area contributed by atoms with E-state index in [1.165, 1.54) is 6.92 Å². The largest absolute Gasteiger partial charge is 0.478 e. The maximum Gasteiger partial charge on any atom is 0.331 e. The molecule has 1 rings (SSSR count). The zero-order valence-electron chi connectivity index (χ0n) is 23.8. The van der Waals surface area contributed by atoms with Gasteiger partial charge in [0.2, 0.25) is 11.8 Å². The monoisotopic (exact) mass is 501 g/mol. The number of aliphatic carboxylic acids is 1. The Morgan fingerprint density at radius 2 is 1.56 bits per heavy atom. The molecule has 1 aromatic carbocycles. The van der Waals surface area contributed by atoms with Crippen molar-refractivity contribution in [3.05, 3.63) is 47.5 Å². The number of carbonyl (C=O) groups is 3. The maximum absolute atomic E-state index is 13.8. The van der Waals surface area contributed by atoms with Crippen LogP contribution < -0.4 is 10.6 Å². The molecule has 0 spiro atoms. The molecule has 0 aromatic heterocycles. The SMILES string of the molecule is CCC(CC)(c1ccccc1)[C@@H](NC)C(=O)N[C@H](C(=O)N(C)[C@H](/C=C(\C)C(=O)O)C(C)C)C(C)(C)C. The molecule has 36 heavy (non-hydrogen) atoms. The molecule has 2 amide bonds. The standard InChI is InChI=1S/C29H47N3O4/c1-11-29(12-2,21-16-14-13-15-17-21)23(30-9)25(33)31-24(28(6,7)8)26(34)32(10)22(19(3)4)18-20(5)27(35)36/h13-19,22-24,30H,11-12H2,1-10H3,(H,31,33)(H,35,36)/b20-18+/t22-,23+,24-/m1/s1. The summed E-state index contributed by atoms with van der Waals surface area (Å²) in [6, 6.07) is 8.25. The normalized spacial score (nSPS) is 15.2. The second kappa shape index (κ2) is 13.0. The molecule has 0 aliphatic carbocycles. The Labute approximate surface area is 217 Å². The van der Waals surface area contributed by atoms with Crippen molar-refractivity contribution in [3.63, 3.8) is 0 Å². The van der Waals surface area contributed by atoms with E-state index in [0.29, 0.717) is 0 Å². The lowest BCUT2D eigenvalue weighted by Crippen LogP contribution is -2.62. The van der Waals surface area contributed by atoms with E-state index in [4.69, 9.17) is 0 Å². The number of carboxylic acids is 1. The highest BCUT2D eigenvalue weighted by Crippen LogP contribution is 2.36. The average Bonchev–Trinajstić information content (AvgIpc) is 2.82. The van der Waals surface area contributed by atoms with E-state index < -0.39 is 34.9 Å². The van der Waals surface area contributed by atoms with Crippen LogP contribution in [0.1, 0.15) is 73.8 Å². The van der Waals surface area contributed by atoms with E-state index in [1.807, 2.05) is 52.8 Å². The number of nitrogens with one attached hydrogen (secondary N) is 2.